The second-order valence-corrected chi connectivity index (χ2v) is 4.31. The topological polar surface area (TPSA) is 58.2 Å². The van der Waals surface area contributed by atoms with Crippen LogP contribution >= 0.6 is 0 Å². The summed E-state index contributed by atoms with van der Waals surface area (Å²) in [5.41, 5.74) is 0. The molecule has 2 unspecified atom stereocenters. The lowest BCUT2D eigenvalue weighted by Gasteiger charge is -2.13. The van der Waals surface area contributed by atoms with Crippen molar-refractivity contribution < 1.29 is 9.59 Å². The maximum atomic E-state index is 11.0. The molecule has 1 heterocycles. The highest BCUT2D eigenvalue weighted by Crippen LogP contribution is 2.11. The zero-order valence-electron chi connectivity index (χ0n) is 9.51. The fourth-order valence-corrected chi connectivity index (χ4v) is 1.88. The van der Waals surface area contributed by atoms with Crippen LogP contribution in [0.4, 0.5) is 4.79 Å². The Hall–Kier alpha value is -1.06. The summed E-state index contributed by atoms with van der Waals surface area (Å²) in [5, 5.41) is 5.71. The van der Waals surface area contributed by atoms with Crippen molar-refractivity contribution in [2.45, 2.75) is 58.0 Å². The Kier molecular flexibility index (Phi) is 4.59. The molecule has 0 spiro atoms. The van der Waals surface area contributed by atoms with Crippen LogP contribution in [-0.2, 0) is 4.79 Å². The van der Waals surface area contributed by atoms with Crippen molar-refractivity contribution in [2.75, 3.05) is 0 Å². The second kappa shape index (κ2) is 5.73. The number of urea groups is 1. The number of Topliss-reactive ketones (excluding diaryl/α,β-unsaturated/α-hetero) is 1. The Labute approximate surface area is 90.8 Å². The molecule has 2 N–H and O–H groups in total. The molecule has 4 nitrogen and oxygen atoms in total. The Morgan fingerprint density at radius 1 is 1.27 bits per heavy atom. The normalized spacial score (nSPS) is 24.8. The summed E-state index contributed by atoms with van der Waals surface area (Å²) in [6.45, 7) is 3.64. The van der Waals surface area contributed by atoms with E-state index in [2.05, 4.69) is 10.6 Å². The van der Waals surface area contributed by atoms with E-state index in [1.165, 1.54) is 0 Å². The van der Waals surface area contributed by atoms with Crippen LogP contribution in [0.1, 0.15) is 46.0 Å². The first-order valence-electron chi connectivity index (χ1n) is 5.66. The van der Waals surface area contributed by atoms with E-state index in [9.17, 15) is 9.59 Å². The number of unbranched alkanes of at least 4 members (excludes halogenated alkanes) is 2. The van der Waals surface area contributed by atoms with Crippen LogP contribution in [0.3, 0.4) is 0 Å². The van der Waals surface area contributed by atoms with Crippen molar-refractivity contribution in [3.05, 3.63) is 0 Å². The van der Waals surface area contributed by atoms with Gasteiger partial charge in [0.05, 0.1) is 6.04 Å². The van der Waals surface area contributed by atoms with Crippen molar-refractivity contribution in [1.29, 1.82) is 0 Å². The van der Waals surface area contributed by atoms with E-state index in [0.29, 0.717) is 6.42 Å². The standard InChI is InChI=1S/C11H20N2O2/c1-8(14)6-4-3-5-7-10-9(2)12-11(15)13-10/h9-10H,3-7H2,1-2H3,(H2,12,13,15). The highest BCUT2D eigenvalue weighted by Gasteiger charge is 2.26. The number of carbonyl (C=O) groups is 2. The maximum absolute atomic E-state index is 11.0. The molecule has 1 aliphatic heterocycles. The first-order valence-corrected chi connectivity index (χ1v) is 5.66. The number of rotatable bonds is 6. The van der Waals surface area contributed by atoms with Gasteiger partial charge in [0.15, 0.2) is 0 Å². The van der Waals surface area contributed by atoms with Crippen LogP contribution in [0, 0.1) is 0 Å². The van der Waals surface area contributed by atoms with Crippen LogP contribution in [0.2, 0.25) is 0 Å². The maximum Gasteiger partial charge on any atom is 0.315 e. The minimum atomic E-state index is -0.0590. The molecule has 15 heavy (non-hydrogen) atoms. The molecule has 2 amide bonds. The monoisotopic (exact) mass is 212 g/mol. The van der Waals surface area contributed by atoms with Gasteiger partial charge in [-0.25, -0.2) is 4.79 Å². The van der Waals surface area contributed by atoms with Gasteiger partial charge in [-0.1, -0.05) is 12.8 Å². The fourth-order valence-electron chi connectivity index (χ4n) is 1.88. The smallest absolute Gasteiger partial charge is 0.315 e. The Bertz CT molecular complexity index is 241. The van der Waals surface area contributed by atoms with Crippen molar-refractivity contribution in [1.82, 2.24) is 10.6 Å². The highest BCUT2D eigenvalue weighted by atomic mass is 16.2. The van der Waals surface area contributed by atoms with Crippen LogP contribution in [0.15, 0.2) is 0 Å². The van der Waals surface area contributed by atoms with E-state index in [-0.39, 0.29) is 23.9 Å². The van der Waals surface area contributed by atoms with E-state index in [1.807, 2.05) is 6.92 Å². The summed E-state index contributed by atoms with van der Waals surface area (Å²) in [6, 6.07) is 0.427. The number of hydrogen-bond donors (Lipinski definition) is 2. The molecule has 0 aromatic carbocycles. The Balaban J connectivity index is 2.05. The van der Waals surface area contributed by atoms with Gasteiger partial charge in [0.2, 0.25) is 0 Å². The lowest BCUT2D eigenvalue weighted by molar-refractivity contribution is -0.117. The molecule has 0 aromatic rings. The molecule has 0 aliphatic carbocycles. The third-order valence-electron chi connectivity index (χ3n) is 2.82. The predicted molar refractivity (Wildman–Crippen MR) is 58.7 cm³/mol. The van der Waals surface area contributed by atoms with Gasteiger partial charge >= 0.3 is 6.03 Å². The molecule has 0 radical (unpaired) electrons. The van der Waals surface area contributed by atoms with Gasteiger partial charge in [0, 0.05) is 12.5 Å². The molecule has 1 rings (SSSR count). The van der Waals surface area contributed by atoms with Gasteiger partial charge < -0.3 is 15.4 Å². The summed E-state index contributed by atoms with van der Waals surface area (Å²) in [7, 11) is 0. The molecule has 1 aliphatic rings. The number of hydrogen-bond acceptors (Lipinski definition) is 2. The Morgan fingerprint density at radius 2 is 2.00 bits per heavy atom. The first kappa shape index (κ1) is 12.0. The van der Waals surface area contributed by atoms with Crippen molar-refractivity contribution in [3.8, 4) is 0 Å². The number of nitrogens with one attached hydrogen (secondary N) is 2. The number of ketones is 1. The van der Waals surface area contributed by atoms with Gasteiger partial charge in [-0.3, -0.25) is 0 Å². The van der Waals surface area contributed by atoms with Gasteiger partial charge in [0.1, 0.15) is 5.78 Å². The molecular formula is C11H20N2O2. The summed E-state index contributed by atoms with van der Waals surface area (Å²) in [6.07, 6.45) is 4.80. The van der Waals surface area contributed by atoms with Crippen LogP contribution < -0.4 is 10.6 Å². The van der Waals surface area contributed by atoms with Crippen molar-refractivity contribution in [2.24, 2.45) is 0 Å². The summed E-state index contributed by atoms with van der Waals surface area (Å²) in [5.74, 6) is 0.263. The van der Waals surface area contributed by atoms with E-state index in [4.69, 9.17) is 0 Å². The second-order valence-electron chi connectivity index (χ2n) is 4.31. The van der Waals surface area contributed by atoms with E-state index in [0.717, 1.165) is 25.7 Å². The quantitative estimate of drug-likeness (QED) is 0.657. The van der Waals surface area contributed by atoms with E-state index < -0.39 is 0 Å². The van der Waals surface area contributed by atoms with Crippen molar-refractivity contribution >= 4 is 11.8 Å². The molecular weight excluding hydrogens is 192 g/mol. The summed E-state index contributed by atoms with van der Waals surface area (Å²) >= 11 is 0. The van der Waals surface area contributed by atoms with Gasteiger partial charge in [-0.15, -0.1) is 0 Å². The average Bonchev–Trinajstić information content (AvgIpc) is 2.44. The lowest BCUT2D eigenvalue weighted by Crippen LogP contribution is -2.30. The molecule has 86 valence electrons. The third kappa shape index (κ3) is 4.32. The van der Waals surface area contributed by atoms with Crippen LogP contribution in [-0.4, -0.2) is 23.9 Å². The number of amides is 2. The zero-order chi connectivity index (χ0) is 11.3. The molecule has 0 aromatic heterocycles. The minimum Gasteiger partial charge on any atom is -0.334 e. The summed E-state index contributed by atoms with van der Waals surface area (Å²) < 4.78 is 0. The van der Waals surface area contributed by atoms with Crippen molar-refractivity contribution in [3.63, 3.8) is 0 Å². The lowest BCUT2D eigenvalue weighted by atomic mass is 10.0. The summed E-state index contributed by atoms with van der Waals surface area (Å²) in [4.78, 5) is 21.7. The number of carbonyl (C=O) groups excluding carboxylic acids is 2. The highest BCUT2D eigenvalue weighted by molar-refractivity contribution is 5.77. The van der Waals surface area contributed by atoms with Gasteiger partial charge in [-0.05, 0) is 26.7 Å². The van der Waals surface area contributed by atoms with E-state index in [1.54, 1.807) is 6.92 Å². The molecule has 1 fully saturated rings. The first-order chi connectivity index (χ1) is 7.09. The SMILES string of the molecule is CC(=O)CCCCCC1NC(=O)NC1C. The third-order valence-corrected chi connectivity index (χ3v) is 2.82. The molecule has 1 saturated heterocycles. The fraction of sp³-hybridized carbons (Fsp3) is 0.818. The molecule has 0 bridgehead atoms. The average molecular weight is 212 g/mol. The molecule has 2 atom stereocenters. The molecule has 0 saturated carbocycles. The van der Waals surface area contributed by atoms with E-state index >= 15 is 0 Å². The van der Waals surface area contributed by atoms with Gasteiger partial charge in [-0.2, -0.15) is 0 Å². The Morgan fingerprint density at radius 3 is 2.53 bits per heavy atom. The predicted octanol–water partition coefficient (Wildman–Crippen LogP) is 1.60. The van der Waals surface area contributed by atoms with Crippen LogP contribution in [0.5, 0.6) is 0 Å². The largest absolute Gasteiger partial charge is 0.334 e. The van der Waals surface area contributed by atoms with Gasteiger partial charge in [0.25, 0.3) is 0 Å². The van der Waals surface area contributed by atoms with Crippen LogP contribution in [0.25, 0.3) is 0 Å². The zero-order valence-corrected chi connectivity index (χ0v) is 9.51. The minimum absolute atomic E-state index is 0.0590. The molecule has 4 heteroatoms.